The summed E-state index contributed by atoms with van der Waals surface area (Å²) in [5, 5.41) is 3.41. The molecule has 0 atom stereocenters. The quantitative estimate of drug-likeness (QED) is 0.806. The minimum absolute atomic E-state index is 0.0734. The van der Waals surface area contributed by atoms with Crippen molar-refractivity contribution < 1.29 is 19.1 Å². The van der Waals surface area contributed by atoms with E-state index in [2.05, 4.69) is 5.32 Å². The van der Waals surface area contributed by atoms with Crippen molar-refractivity contribution >= 4 is 23.4 Å². The molecule has 0 aliphatic rings. The summed E-state index contributed by atoms with van der Waals surface area (Å²) in [6.07, 6.45) is 0. The molecule has 26 heavy (non-hydrogen) atoms. The first-order chi connectivity index (χ1) is 12.4. The van der Waals surface area contributed by atoms with Crippen molar-refractivity contribution in [2.24, 2.45) is 0 Å². The number of hydrogen-bond donors (Lipinski definition) is 1. The summed E-state index contributed by atoms with van der Waals surface area (Å²) < 4.78 is 10.8. The smallest absolute Gasteiger partial charge is 0.259 e. The highest BCUT2D eigenvalue weighted by molar-refractivity contribution is 6.30. The van der Waals surface area contributed by atoms with Crippen LogP contribution in [0.2, 0.25) is 5.02 Å². The molecule has 0 aliphatic heterocycles. The average molecular weight is 377 g/mol. The molecule has 138 valence electrons. The SMILES string of the molecule is COc1cc(CNC(=O)c2ccc(Cl)cc2)ccc1OCC(=O)N(C)C. The molecule has 2 aromatic carbocycles. The Bertz CT molecular complexity index is 776. The van der Waals surface area contributed by atoms with Gasteiger partial charge in [-0.2, -0.15) is 0 Å². The number of rotatable bonds is 7. The van der Waals surface area contributed by atoms with E-state index < -0.39 is 0 Å². The van der Waals surface area contributed by atoms with Gasteiger partial charge in [-0.25, -0.2) is 0 Å². The van der Waals surface area contributed by atoms with E-state index in [0.717, 1.165) is 5.56 Å². The molecular weight excluding hydrogens is 356 g/mol. The van der Waals surface area contributed by atoms with Crippen LogP contribution in [-0.4, -0.2) is 44.5 Å². The number of amides is 2. The Hall–Kier alpha value is -2.73. The van der Waals surface area contributed by atoms with E-state index in [9.17, 15) is 9.59 Å². The van der Waals surface area contributed by atoms with Crippen molar-refractivity contribution in [3.05, 3.63) is 58.6 Å². The van der Waals surface area contributed by atoms with Gasteiger partial charge in [-0.15, -0.1) is 0 Å². The number of halogens is 1. The Kier molecular flexibility index (Phi) is 6.86. The first-order valence-electron chi connectivity index (χ1n) is 7.94. The van der Waals surface area contributed by atoms with Gasteiger partial charge in [0, 0.05) is 31.2 Å². The molecule has 1 N–H and O–H groups in total. The zero-order valence-corrected chi connectivity index (χ0v) is 15.7. The molecule has 0 spiro atoms. The fraction of sp³-hybridized carbons (Fsp3) is 0.263. The van der Waals surface area contributed by atoms with Crippen LogP contribution >= 0.6 is 11.6 Å². The Morgan fingerprint density at radius 2 is 1.77 bits per heavy atom. The van der Waals surface area contributed by atoms with Crippen molar-refractivity contribution in [3.63, 3.8) is 0 Å². The lowest BCUT2D eigenvalue weighted by Gasteiger charge is -2.14. The average Bonchev–Trinajstić information content (AvgIpc) is 2.64. The number of ether oxygens (including phenoxy) is 2. The Morgan fingerprint density at radius 1 is 1.08 bits per heavy atom. The molecule has 0 fully saturated rings. The molecule has 0 saturated heterocycles. The molecule has 0 radical (unpaired) electrons. The van der Waals surface area contributed by atoms with Crippen LogP contribution in [0.1, 0.15) is 15.9 Å². The van der Waals surface area contributed by atoms with E-state index in [4.69, 9.17) is 21.1 Å². The fourth-order valence-corrected chi connectivity index (χ4v) is 2.22. The molecule has 0 bridgehead atoms. The van der Waals surface area contributed by atoms with Crippen LogP contribution in [0.4, 0.5) is 0 Å². The highest BCUT2D eigenvalue weighted by Gasteiger charge is 2.11. The number of carbonyl (C=O) groups excluding carboxylic acids is 2. The van der Waals surface area contributed by atoms with Gasteiger partial charge in [0.15, 0.2) is 18.1 Å². The number of nitrogens with zero attached hydrogens (tertiary/aromatic N) is 1. The summed E-state index contributed by atoms with van der Waals surface area (Å²) >= 11 is 5.82. The molecule has 0 aliphatic carbocycles. The molecule has 0 aromatic heterocycles. The molecule has 2 aromatic rings. The van der Waals surface area contributed by atoms with E-state index in [1.54, 1.807) is 56.6 Å². The summed E-state index contributed by atoms with van der Waals surface area (Å²) in [6, 6.07) is 11.9. The Labute approximate surface area is 157 Å². The molecular formula is C19H21ClN2O4. The van der Waals surface area contributed by atoms with Crippen molar-refractivity contribution in [2.45, 2.75) is 6.54 Å². The second-order valence-corrected chi connectivity index (χ2v) is 6.19. The third kappa shape index (κ3) is 5.39. The van der Waals surface area contributed by atoms with Crippen LogP contribution in [0.3, 0.4) is 0 Å². The Morgan fingerprint density at radius 3 is 2.38 bits per heavy atom. The van der Waals surface area contributed by atoms with E-state index in [1.165, 1.54) is 12.0 Å². The predicted octanol–water partition coefficient (Wildman–Crippen LogP) is 2.75. The normalized spacial score (nSPS) is 10.2. The number of methoxy groups -OCH3 is 1. The summed E-state index contributed by atoms with van der Waals surface area (Å²) in [4.78, 5) is 25.2. The highest BCUT2D eigenvalue weighted by atomic mass is 35.5. The van der Waals surface area contributed by atoms with Crippen LogP contribution in [-0.2, 0) is 11.3 Å². The topological polar surface area (TPSA) is 67.9 Å². The second-order valence-electron chi connectivity index (χ2n) is 5.75. The van der Waals surface area contributed by atoms with Crippen molar-refractivity contribution in [1.29, 1.82) is 0 Å². The molecule has 0 saturated carbocycles. The number of hydrogen-bond acceptors (Lipinski definition) is 4. The van der Waals surface area contributed by atoms with Crippen LogP contribution < -0.4 is 14.8 Å². The standard InChI is InChI=1S/C19H21ClN2O4/c1-22(2)18(23)12-26-16-9-4-13(10-17(16)25-3)11-21-19(24)14-5-7-15(20)8-6-14/h4-10H,11-12H2,1-3H3,(H,21,24). The number of benzene rings is 2. The van der Waals surface area contributed by atoms with Crippen molar-refractivity contribution in [1.82, 2.24) is 10.2 Å². The van der Waals surface area contributed by atoms with E-state index in [1.807, 2.05) is 0 Å². The maximum atomic E-state index is 12.1. The first kappa shape index (κ1) is 19.6. The Balaban J connectivity index is 1.98. The lowest BCUT2D eigenvalue weighted by molar-refractivity contribution is -0.130. The van der Waals surface area contributed by atoms with E-state index in [-0.39, 0.29) is 18.4 Å². The van der Waals surface area contributed by atoms with Gasteiger partial charge >= 0.3 is 0 Å². The maximum Gasteiger partial charge on any atom is 0.259 e. The largest absolute Gasteiger partial charge is 0.493 e. The van der Waals surface area contributed by atoms with E-state index >= 15 is 0 Å². The highest BCUT2D eigenvalue weighted by Crippen LogP contribution is 2.28. The second kappa shape index (κ2) is 9.10. The minimum Gasteiger partial charge on any atom is -0.493 e. The predicted molar refractivity (Wildman–Crippen MR) is 99.8 cm³/mol. The van der Waals surface area contributed by atoms with Crippen molar-refractivity contribution in [2.75, 3.05) is 27.8 Å². The maximum absolute atomic E-state index is 12.1. The number of likely N-dealkylation sites (N-methyl/N-ethyl adjacent to an activating group) is 1. The van der Waals surface area contributed by atoms with Gasteiger partial charge in [0.25, 0.3) is 11.8 Å². The zero-order valence-electron chi connectivity index (χ0n) is 14.9. The van der Waals surface area contributed by atoms with Crippen molar-refractivity contribution in [3.8, 4) is 11.5 Å². The van der Waals surface area contributed by atoms with Crippen LogP contribution in [0.15, 0.2) is 42.5 Å². The van der Waals surface area contributed by atoms with Gasteiger partial charge in [-0.1, -0.05) is 17.7 Å². The molecule has 0 heterocycles. The first-order valence-corrected chi connectivity index (χ1v) is 8.32. The lowest BCUT2D eigenvalue weighted by atomic mass is 10.1. The van der Waals surface area contributed by atoms with Gasteiger partial charge in [-0.05, 0) is 42.0 Å². The van der Waals surface area contributed by atoms with Gasteiger partial charge in [0.2, 0.25) is 0 Å². The lowest BCUT2D eigenvalue weighted by Crippen LogP contribution is -2.27. The van der Waals surface area contributed by atoms with Gasteiger partial charge < -0.3 is 19.7 Å². The molecule has 2 rings (SSSR count). The minimum atomic E-state index is -0.197. The van der Waals surface area contributed by atoms with Crippen LogP contribution in [0.5, 0.6) is 11.5 Å². The number of nitrogens with one attached hydrogen (secondary N) is 1. The third-order valence-electron chi connectivity index (χ3n) is 3.64. The van der Waals surface area contributed by atoms with Gasteiger partial charge in [0.1, 0.15) is 0 Å². The number of carbonyl (C=O) groups is 2. The molecule has 0 unspecified atom stereocenters. The fourth-order valence-electron chi connectivity index (χ4n) is 2.10. The van der Waals surface area contributed by atoms with Gasteiger partial charge in [0.05, 0.1) is 7.11 Å². The molecule has 6 nitrogen and oxygen atoms in total. The third-order valence-corrected chi connectivity index (χ3v) is 3.89. The summed E-state index contributed by atoms with van der Waals surface area (Å²) in [6.45, 7) is 0.255. The summed E-state index contributed by atoms with van der Waals surface area (Å²) in [7, 11) is 4.84. The summed E-state index contributed by atoms with van der Waals surface area (Å²) in [5.41, 5.74) is 1.37. The van der Waals surface area contributed by atoms with Crippen LogP contribution in [0.25, 0.3) is 0 Å². The monoisotopic (exact) mass is 376 g/mol. The van der Waals surface area contributed by atoms with Crippen LogP contribution in [0, 0.1) is 0 Å². The van der Waals surface area contributed by atoms with Gasteiger partial charge in [-0.3, -0.25) is 9.59 Å². The zero-order chi connectivity index (χ0) is 19.1. The van der Waals surface area contributed by atoms with E-state index in [0.29, 0.717) is 28.6 Å². The molecule has 7 heteroatoms. The summed E-state index contributed by atoms with van der Waals surface area (Å²) in [5.74, 6) is 0.620. The molecule has 2 amide bonds.